The first-order valence-electron chi connectivity index (χ1n) is 15.7. The van der Waals surface area contributed by atoms with Crippen molar-refractivity contribution in [2.45, 2.75) is 33.2 Å². The third-order valence-electron chi connectivity index (χ3n) is 8.59. The maximum Gasteiger partial charge on any atom is 0.217 e. The van der Waals surface area contributed by atoms with Crippen molar-refractivity contribution in [3.63, 3.8) is 0 Å². The van der Waals surface area contributed by atoms with Crippen molar-refractivity contribution in [1.82, 2.24) is 24.3 Å². The van der Waals surface area contributed by atoms with Gasteiger partial charge in [0.25, 0.3) is 0 Å². The van der Waals surface area contributed by atoms with Crippen LogP contribution < -0.4 is 0 Å². The zero-order chi connectivity index (χ0) is 31.6. The number of aromatic nitrogens is 5. The highest BCUT2D eigenvalue weighted by Crippen LogP contribution is 2.33. The van der Waals surface area contributed by atoms with Crippen molar-refractivity contribution in [3.05, 3.63) is 157 Å². The van der Waals surface area contributed by atoms with Gasteiger partial charge in [0.15, 0.2) is 11.9 Å². The van der Waals surface area contributed by atoms with E-state index in [1.54, 1.807) is 0 Å². The van der Waals surface area contributed by atoms with E-state index < -0.39 is 0 Å². The Morgan fingerprint density at radius 3 is 2.37 bits per heavy atom. The number of nitrogens with one attached hydrogen (secondary N) is 1. The molecule has 0 saturated carbocycles. The molecular formula is C40H37N6+. The van der Waals surface area contributed by atoms with E-state index in [4.69, 9.17) is 9.97 Å². The number of benzene rings is 3. The molecule has 1 aliphatic heterocycles. The second-order valence-electron chi connectivity index (χ2n) is 11.5. The lowest BCUT2D eigenvalue weighted by Gasteiger charge is -2.21. The van der Waals surface area contributed by atoms with Crippen molar-refractivity contribution < 1.29 is 4.58 Å². The van der Waals surface area contributed by atoms with Crippen LogP contribution >= 0.6 is 0 Å². The topological polar surface area (TPSA) is 54.4 Å². The summed E-state index contributed by atoms with van der Waals surface area (Å²) in [7, 11) is 0. The predicted octanol–water partition coefficient (Wildman–Crippen LogP) is 9.61. The molecule has 1 atom stereocenters. The van der Waals surface area contributed by atoms with Gasteiger partial charge in [-0.1, -0.05) is 79.4 Å². The van der Waals surface area contributed by atoms with Crippen LogP contribution in [0, 0.1) is 6.92 Å². The second kappa shape index (κ2) is 12.3. The van der Waals surface area contributed by atoms with Crippen LogP contribution in [0.2, 0.25) is 0 Å². The highest BCUT2D eigenvalue weighted by Gasteiger charge is 2.25. The van der Waals surface area contributed by atoms with Crippen molar-refractivity contribution in [1.29, 1.82) is 0 Å². The van der Waals surface area contributed by atoms with Gasteiger partial charge in [-0.15, -0.1) is 0 Å². The Labute approximate surface area is 269 Å². The Hall–Kier alpha value is -5.75. The van der Waals surface area contributed by atoms with E-state index in [9.17, 15) is 0 Å². The van der Waals surface area contributed by atoms with Crippen LogP contribution in [0.25, 0.3) is 38.8 Å². The molecule has 6 nitrogen and oxygen atoms in total. The largest absolute Gasteiger partial charge is 0.293 e. The molecule has 3 aromatic heterocycles. The number of hydrogen-bond acceptors (Lipinski definition) is 2. The number of pyridine rings is 1. The van der Waals surface area contributed by atoms with E-state index in [0.717, 1.165) is 73.4 Å². The Morgan fingerprint density at radius 2 is 1.61 bits per heavy atom. The summed E-state index contributed by atoms with van der Waals surface area (Å²) in [6, 6.07) is 33.5. The van der Waals surface area contributed by atoms with Gasteiger partial charge in [-0.05, 0) is 56.7 Å². The van der Waals surface area contributed by atoms with Gasteiger partial charge in [-0.25, -0.2) is 4.98 Å². The number of H-pyrrole nitrogens is 1. The molecule has 226 valence electrons. The third-order valence-corrected chi connectivity index (χ3v) is 8.59. The number of hydrogen-bond donors (Lipinski definition) is 1. The first-order valence-corrected chi connectivity index (χ1v) is 15.7. The average Bonchev–Trinajstić information content (AvgIpc) is 3.38. The van der Waals surface area contributed by atoms with Crippen LogP contribution in [0.3, 0.4) is 0 Å². The smallest absolute Gasteiger partial charge is 0.217 e. The monoisotopic (exact) mass is 601 g/mol. The Balaban J connectivity index is 1.59. The minimum Gasteiger partial charge on any atom is -0.293 e. The maximum absolute atomic E-state index is 5.26. The molecule has 3 aromatic carbocycles. The number of aryl methyl sites for hydroxylation is 1. The predicted molar refractivity (Wildman–Crippen MR) is 190 cm³/mol. The van der Waals surface area contributed by atoms with E-state index in [0.29, 0.717) is 0 Å². The summed E-state index contributed by atoms with van der Waals surface area (Å²) >= 11 is 0. The van der Waals surface area contributed by atoms with Crippen LogP contribution in [0.1, 0.15) is 32.0 Å². The van der Waals surface area contributed by atoms with Gasteiger partial charge in [0.05, 0.1) is 29.2 Å². The highest BCUT2D eigenvalue weighted by molar-refractivity contribution is 6.05. The summed E-state index contributed by atoms with van der Waals surface area (Å²) in [5.74, 6) is 0. The molecule has 6 heteroatoms. The molecule has 0 fully saturated rings. The number of aromatic amines is 1. The molecule has 0 spiro atoms. The van der Waals surface area contributed by atoms with Crippen molar-refractivity contribution >= 4 is 45.0 Å². The second-order valence-corrected chi connectivity index (χ2v) is 11.5. The Morgan fingerprint density at radius 1 is 0.891 bits per heavy atom. The lowest BCUT2D eigenvalue weighted by Crippen LogP contribution is -2.18. The Bertz CT molecular complexity index is 2270. The standard InChI is InChI=1S/C40H37N6/c1-5-16-35-33(6-2)28(3)27-32(24-26-44(35)30-17-9-7-10-18-30)46-37-23-15-25-41-38(37)29(4)42-40-39(43-46)34-21-13-14-22-36(34)45(40)31-19-11-8-12-20-31/h5-23,25-27,32,43H,2,24H2,1,3-4H3/q+1/b16-5-,28-27+,35-33-,42-29?,44-26?. The summed E-state index contributed by atoms with van der Waals surface area (Å²) in [6.45, 7) is 10.5. The molecule has 46 heavy (non-hydrogen) atoms. The summed E-state index contributed by atoms with van der Waals surface area (Å²) in [5.41, 5.74) is 11.0. The van der Waals surface area contributed by atoms with Crippen LogP contribution in [0.5, 0.6) is 0 Å². The van der Waals surface area contributed by atoms with E-state index >= 15 is 0 Å². The van der Waals surface area contributed by atoms with Gasteiger partial charge in [0.2, 0.25) is 11.4 Å². The average molecular weight is 602 g/mol. The maximum atomic E-state index is 5.26. The molecule has 1 N–H and O–H groups in total. The molecule has 1 aliphatic rings. The molecule has 0 bridgehead atoms. The van der Waals surface area contributed by atoms with Gasteiger partial charge in [0.1, 0.15) is 11.0 Å². The minimum atomic E-state index is -0.0751. The van der Waals surface area contributed by atoms with Gasteiger partial charge in [0, 0.05) is 41.1 Å². The van der Waals surface area contributed by atoms with Gasteiger partial charge < -0.3 is 0 Å². The van der Waals surface area contributed by atoms with Crippen LogP contribution in [0.4, 0.5) is 5.69 Å². The quantitative estimate of drug-likeness (QED) is 0.200. The Kier molecular flexibility index (Phi) is 7.77. The van der Waals surface area contributed by atoms with E-state index in [1.165, 1.54) is 0 Å². The van der Waals surface area contributed by atoms with Crippen LogP contribution in [-0.4, -0.2) is 35.1 Å². The summed E-state index contributed by atoms with van der Waals surface area (Å²) in [4.78, 5) is 10.1. The van der Waals surface area contributed by atoms with Gasteiger partial charge >= 0.3 is 0 Å². The van der Waals surface area contributed by atoms with Crippen LogP contribution in [0.15, 0.2) is 151 Å². The zero-order valence-corrected chi connectivity index (χ0v) is 26.4. The number of para-hydroxylation sites is 3. The van der Waals surface area contributed by atoms with E-state index in [2.05, 4.69) is 156 Å². The number of rotatable bonds is 5. The van der Waals surface area contributed by atoms with Crippen LogP contribution in [-0.2, 0) is 0 Å². The number of nitrogens with zero attached hydrogens (tertiary/aromatic N) is 5. The van der Waals surface area contributed by atoms with E-state index in [1.807, 2.05) is 24.4 Å². The number of allylic oxidation sites excluding steroid dienone is 6. The first kappa shape index (κ1) is 29.0. The molecule has 0 radical (unpaired) electrons. The molecule has 7 rings (SSSR count). The summed E-state index contributed by atoms with van der Waals surface area (Å²) < 4.78 is 6.79. The van der Waals surface area contributed by atoms with Gasteiger partial charge in [-0.2, -0.15) is 4.58 Å². The molecule has 0 saturated heterocycles. The normalized spacial score (nSPS) is 18.3. The molecule has 4 heterocycles. The van der Waals surface area contributed by atoms with Crippen molar-refractivity contribution in [3.8, 4) is 5.69 Å². The zero-order valence-electron chi connectivity index (χ0n) is 26.4. The molecule has 6 aromatic rings. The first-order chi connectivity index (χ1) is 22.6. The fourth-order valence-electron chi connectivity index (χ4n) is 6.50. The molecule has 0 amide bonds. The SMILES string of the molecule is C=CC1=C(\C=C/C)[N+](c2ccccc2)=CCC(n2[nH]c3c4ccccc4n(-c4ccccc4)c3nc(C)c3ncccc32)\C=C\1C. The molecule has 0 aliphatic carbocycles. The van der Waals surface area contributed by atoms with E-state index in [-0.39, 0.29) is 6.04 Å². The third kappa shape index (κ3) is 5.08. The lowest BCUT2D eigenvalue weighted by molar-refractivity contribution is -0.374. The van der Waals surface area contributed by atoms with Crippen molar-refractivity contribution in [2.24, 2.45) is 0 Å². The summed E-state index contributed by atoms with van der Waals surface area (Å²) in [6.07, 6.45) is 13.4. The fraction of sp³-hybridized carbons (Fsp3) is 0.125. The number of fused-ring (bicyclic) bond motifs is 4. The highest BCUT2D eigenvalue weighted by atomic mass is 15.3. The lowest BCUT2D eigenvalue weighted by atomic mass is 9.98. The van der Waals surface area contributed by atoms with Crippen molar-refractivity contribution in [2.75, 3.05) is 0 Å². The molecular weight excluding hydrogens is 564 g/mol. The fourth-order valence-corrected chi connectivity index (χ4v) is 6.50. The minimum absolute atomic E-state index is 0.0751. The van der Waals surface area contributed by atoms with Gasteiger partial charge in [-0.3, -0.25) is 19.3 Å². The molecule has 1 unspecified atom stereocenters. The summed E-state index contributed by atoms with van der Waals surface area (Å²) in [5, 5.41) is 4.99.